The lowest BCUT2D eigenvalue weighted by Gasteiger charge is -2.38. The molecule has 1 heterocycles. The highest BCUT2D eigenvalue weighted by atomic mass is 16.5. The quantitative estimate of drug-likeness (QED) is 0.112. The molecule has 0 aromatic heterocycles. The van der Waals surface area contributed by atoms with Gasteiger partial charge in [0.2, 0.25) is 17.6 Å². The van der Waals surface area contributed by atoms with Crippen LogP contribution in [0.3, 0.4) is 0 Å². The van der Waals surface area contributed by atoms with E-state index in [9.17, 15) is 29.7 Å². The highest BCUT2D eigenvalue weighted by Crippen LogP contribution is 2.25. The molecule has 1 aliphatic rings. The van der Waals surface area contributed by atoms with Crippen LogP contribution in [0, 0.1) is 0 Å². The molecule has 2 amide bonds. The summed E-state index contributed by atoms with van der Waals surface area (Å²) in [5.74, 6) is -3.35. The molecule has 1 aromatic carbocycles. The summed E-state index contributed by atoms with van der Waals surface area (Å²) in [6.45, 7) is 0.347. The maximum atomic E-state index is 12.3. The molecule has 0 spiro atoms. The molecule has 35 heavy (non-hydrogen) atoms. The molecule has 1 aliphatic heterocycles. The molecule has 192 valence electrons. The number of aliphatic hydroxyl groups is 3. The van der Waals surface area contributed by atoms with Gasteiger partial charge in [-0.05, 0) is 30.9 Å². The predicted molar refractivity (Wildman–Crippen MR) is 125 cm³/mol. The van der Waals surface area contributed by atoms with Crippen molar-refractivity contribution in [1.82, 2.24) is 10.6 Å². The van der Waals surface area contributed by atoms with Gasteiger partial charge in [-0.1, -0.05) is 30.3 Å². The number of aliphatic carboxylic acids is 1. The number of nitrogens with zero attached hydrogens (tertiary/aromatic N) is 1. The number of unbranched alkanes of at least 4 members (excludes halogenated alkanes) is 1. The van der Waals surface area contributed by atoms with E-state index in [0.29, 0.717) is 6.42 Å². The van der Waals surface area contributed by atoms with E-state index in [2.05, 4.69) is 15.6 Å². The van der Waals surface area contributed by atoms with Crippen LogP contribution in [0.25, 0.3) is 0 Å². The molecule has 12 heteroatoms. The molecular formula is C23H32N4O8. The van der Waals surface area contributed by atoms with Gasteiger partial charge in [0.05, 0.1) is 18.7 Å². The molecule has 0 unspecified atom stereocenters. The van der Waals surface area contributed by atoms with Crippen molar-refractivity contribution < 1.29 is 39.5 Å². The van der Waals surface area contributed by atoms with Gasteiger partial charge in [0.25, 0.3) is 0 Å². The molecule has 5 atom stereocenters. The van der Waals surface area contributed by atoms with Crippen LogP contribution in [-0.2, 0) is 25.5 Å². The minimum Gasteiger partial charge on any atom is -0.478 e. The molecule has 0 radical (unpaired) electrons. The van der Waals surface area contributed by atoms with E-state index in [-0.39, 0.29) is 12.4 Å². The maximum Gasteiger partial charge on any atom is 0.370 e. The van der Waals surface area contributed by atoms with Gasteiger partial charge in [0.15, 0.2) is 5.96 Å². The summed E-state index contributed by atoms with van der Waals surface area (Å²) in [5.41, 5.74) is 7.03. The van der Waals surface area contributed by atoms with Crippen molar-refractivity contribution in [2.45, 2.75) is 63.0 Å². The van der Waals surface area contributed by atoms with E-state index in [1.807, 2.05) is 30.3 Å². The Morgan fingerprint density at radius 2 is 1.86 bits per heavy atom. The first kappa shape index (κ1) is 27.8. The van der Waals surface area contributed by atoms with Crippen LogP contribution in [0.15, 0.2) is 47.2 Å². The number of hydrogen-bond acceptors (Lipinski definition) is 8. The summed E-state index contributed by atoms with van der Waals surface area (Å²) in [7, 11) is 0. The fraction of sp³-hybridized carbons (Fsp3) is 0.478. The Bertz CT molecular complexity index is 937. The molecule has 0 saturated heterocycles. The lowest BCUT2D eigenvalue weighted by Crippen LogP contribution is -2.60. The molecule has 0 fully saturated rings. The van der Waals surface area contributed by atoms with Gasteiger partial charge in [-0.25, -0.2) is 9.79 Å². The van der Waals surface area contributed by atoms with E-state index in [1.165, 1.54) is 12.5 Å². The van der Waals surface area contributed by atoms with Crippen LogP contribution in [0.4, 0.5) is 0 Å². The van der Waals surface area contributed by atoms with E-state index in [4.69, 9.17) is 15.6 Å². The lowest BCUT2D eigenvalue weighted by atomic mass is 9.92. The Kier molecular flexibility index (Phi) is 10.6. The number of aliphatic imine (C=N–C) groups is 1. The first-order valence-electron chi connectivity index (χ1n) is 11.1. The van der Waals surface area contributed by atoms with Crippen LogP contribution >= 0.6 is 0 Å². The molecule has 0 bridgehead atoms. The number of aliphatic hydroxyl groups excluding tert-OH is 3. The average molecular weight is 493 g/mol. The summed E-state index contributed by atoms with van der Waals surface area (Å²) in [5, 5.41) is 43.7. The highest BCUT2D eigenvalue weighted by Gasteiger charge is 2.43. The minimum absolute atomic E-state index is 0.187. The number of ether oxygens (including phenoxy) is 1. The van der Waals surface area contributed by atoms with Crippen molar-refractivity contribution in [1.29, 1.82) is 0 Å². The first-order chi connectivity index (χ1) is 16.6. The van der Waals surface area contributed by atoms with E-state index in [0.717, 1.165) is 18.9 Å². The van der Waals surface area contributed by atoms with Crippen LogP contribution in [0.1, 0.15) is 31.7 Å². The zero-order chi connectivity index (χ0) is 26.0. The fourth-order valence-corrected chi connectivity index (χ4v) is 3.62. The van der Waals surface area contributed by atoms with E-state index in [1.54, 1.807) is 0 Å². The van der Waals surface area contributed by atoms with Crippen molar-refractivity contribution >= 4 is 23.7 Å². The second kappa shape index (κ2) is 13.4. The normalized spacial score (nSPS) is 21.8. The van der Waals surface area contributed by atoms with E-state index < -0.39 is 60.5 Å². The molecule has 8 N–H and O–H groups in total. The molecule has 2 rings (SSSR count). The minimum atomic E-state index is -1.77. The van der Waals surface area contributed by atoms with Crippen LogP contribution < -0.4 is 16.4 Å². The second-order valence-corrected chi connectivity index (χ2v) is 8.13. The van der Waals surface area contributed by atoms with Crippen molar-refractivity contribution in [3.63, 3.8) is 0 Å². The number of rotatable bonds is 11. The van der Waals surface area contributed by atoms with Crippen molar-refractivity contribution in [2.24, 2.45) is 10.7 Å². The summed E-state index contributed by atoms with van der Waals surface area (Å²) in [4.78, 5) is 39.6. The number of carboxylic acids is 1. The standard InChI is InChI=1S/C23H32N4O8/c1-13(29)25-19-15(11-17(22(33)34)35-21(19)20(32)16(30)12-28)26-23(24)27-18(31)10-6-5-9-14-7-3-2-4-8-14/h2-4,7-8,11,15-16,19-21,28,30,32H,5-6,9-10,12H2,1H3,(H,25,29)(H,33,34)(H3,24,26,27,31)/t15-,16+,19+,20+,21+/m0/s1. The number of nitrogens with one attached hydrogen (secondary N) is 2. The first-order valence-corrected chi connectivity index (χ1v) is 11.1. The Labute approximate surface area is 202 Å². The molecule has 0 aliphatic carbocycles. The van der Waals surface area contributed by atoms with Gasteiger partial charge < -0.3 is 36.2 Å². The maximum absolute atomic E-state index is 12.3. The van der Waals surface area contributed by atoms with Crippen LogP contribution in [0.5, 0.6) is 0 Å². The molecule has 12 nitrogen and oxygen atoms in total. The SMILES string of the molecule is CC(=O)N[C@H]1[C@H]([C@H](O)[C@H](O)CO)OC(C(=O)O)=C[C@@H]1N=C(N)NC(=O)CCCCc1ccccc1. The number of benzene rings is 1. The summed E-state index contributed by atoms with van der Waals surface area (Å²) in [6.07, 6.45) is -1.45. The zero-order valence-corrected chi connectivity index (χ0v) is 19.3. The fourth-order valence-electron chi connectivity index (χ4n) is 3.62. The summed E-state index contributed by atoms with van der Waals surface area (Å²) < 4.78 is 5.27. The highest BCUT2D eigenvalue weighted by molar-refractivity contribution is 5.96. The molecule has 1 aromatic rings. The number of amides is 2. The topological polar surface area (TPSA) is 204 Å². The van der Waals surface area contributed by atoms with Crippen molar-refractivity contribution in [3.8, 4) is 0 Å². The number of nitrogens with two attached hydrogens (primary N) is 1. The number of carbonyl (C=O) groups is 3. The van der Waals surface area contributed by atoms with Gasteiger partial charge in [-0.2, -0.15) is 0 Å². The Hall–Kier alpha value is -3.48. The number of carbonyl (C=O) groups excluding carboxylic acids is 2. The van der Waals surface area contributed by atoms with Gasteiger partial charge >= 0.3 is 5.97 Å². The second-order valence-electron chi connectivity index (χ2n) is 8.13. The van der Waals surface area contributed by atoms with Gasteiger partial charge in [-0.15, -0.1) is 0 Å². The van der Waals surface area contributed by atoms with Crippen molar-refractivity contribution in [2.75, 3.05) is 6.61 Å². The average Bonchev–Trinajstić information content (AvgIpc) is 2.81. The van der Waals surface area contributed by atoms with E-state index >= 15 is 0 Å². The van der Waals surface area contributed by atoms with Crippen LogP contribution in [0.2, 0.25) is 0 Å². The predicted octanol–water partition coefficient (Wildman–Crippen LogP) is -1.21. The number of hydrogen-bond donors (Lipinski definition) is 7. The molecule has 0 saturated carbocycles. The summed E-state index contributed by atoms with van der Waals surface area (Å²) in [6, 6.07) is 7.51. The zero-order valence-electron chi connectivity index (χ0n) is 19.3. The van der Waals surface area contributed by atoms with Gasteiger partial charge in [0.1, 0.15) is 18.3 Å². The Morgan fingerprint density at radius 3 is 2.46 bits per heavy atom. The molecular weight excluding hydrogens is 460 g/mol. The number of aryl methyl sites for hydroxylation is 1. The van der Waals surface area contributed by atoms with Crippen LogP contribution in [-0.4, -0.2) is 81.2 Å². The van der Waals surface area contributed by atoms with Gasteiger partial charge in [-0.3, -0.25) is 14.9 Å². The number of guanidine groups is 1. The Balaban J connectivity index is 2.09. The lowest BCUT2D eigenvalue weighted by molar-refractivity contribution is -0.145. The monoisotopic (exact) mass is 492 g/mol. The third-order valence-corrected chi connectivity index (χ3v) is 5.32. The number of carboxylic acid groups (broad SMARTS) is 1. The van der Waals surface area contributed by atoms with Gasteiger partial charge in [0, 0.05) is 13.3 Å². The largest absolute Gasteiger partial charge is 0.478 e. The Morgan fingerprint density at radius 1 is 1.17 bits per heavy atom. The third kappa shape index (κ3) is 8.67. The third-order valence-electron chi connectivity index (χ3n) is 5.32. The summed E-state index contributed by atoms with van der Waals surface area (Å²) >= 11 is 0. The van der Waals surface area contributed by atoms with Crippen molar-refractivity contribution in [3.05, 3.63) is 47.7 Å². The smallest absolute Gasteiger partial charge is 0.370 e.